The Morgan fingerprint density at radius 1 is 1.11 bits per heavy atom. The van der Waals surface area contributed by atoms with Gasteiger partial charge in [-0.3, -0.25) is 0 Å². The second kappa shape index (κ2) is 6.56. The van der Waals surface area contributed by atoms with Crippen molar-refractivity contribution in [3.8, 4) is 11.3 Å². The van der Waals surface area contributed by atoms with Crippen molar-refractivity contribution in [1.29, 1.82) is 0 Å². The number of hydrogen-bond donors (Lipinski definition) is 1. The Kier molecular flexibility index (Phi) is 3.89. The summed E-state index contributed by atoms with van der Waals surface area (Å²) in [5, 5.41) is 4.31. The van der Waals surface area contributed by atoms with Crippen molar-refractivity contribution < 1.29 is 4.39 Å². The molecule has 1 fully saturated rings. The molecule has 0 spiro atoms. The van der Waals surface area contributed by atoms with E-state index in [4.69, 9.17) is 5.73 Å². The van der Waals surface area contributed by atoms with Crippen molar-refractivity contribution in [3.05, 3.63) is 66.5 Å². The van der Waals surface area contributed by atoms with Gasteiger partial charge < -0.3 is 10.6 Å². The molecular weight excluding hydrogens is 357 g/mol. The van der Waals surface area contributed by atoms with Gasteiger partial charge in [-0.15, -0.1) is 5.10 Å². The Bertz CT molecular complexity index is 1140. The van der Waals surface area contributed by atoms with Crippen LogP contribution in [0, 0.1) is 5.82 Å². The van der Waals surface area contributed by atoms with Gasteiger partial charge in [-0.1, -0.05) is 12.1 Å². The van der Waals surface area contributed by atoms with Crippen molar-refractivity contribution in [1.82, 2.24) is 24.6 Å². The normalized spacial score (nSPS) is 16.8. The lowest BCUT2D eigenvalue weighted by atomic mass is 10.0. The third kappa shape index (κ3) is 2.74. The molecule has 1 aromatic carbocycles. The zero-order chi connectivity index (χ0) is 19.1. The monoisotopic (exact) mass is 375 g/mol. The van der Waals surface area contributed by atoms with E-state index in [9.17, 15) is 4.39 Å². The summed E-state index contributed by atoms with van der Waals surface area (Å²) in [4.78, 5) is 15.5. The number of benzene rings is 1. The van der Waals surface area contributed by atoms with Crippen LogP contribution < -0.4 is 10.6 Å². The van der Waals surface area contributed by atoms with Gasteiger partial charge in [-0.25, -0.2) is 23.9 Å². The summed E-state index contributed by atoms with van der Waals surface area (Å²) in [5.74, 6) is 0.958. The fraction of sp³-hybridized carbons (Fsp3) is 0.200. The number of anilines is 2. The highest BCUT2D eigenvalue weighted by Gasteiger charge is 2.28. The summed E-state index contributed by atoms with van der Waals surface area (Å²) in [7, 11) is 0. The van der Waals surface area contributed by atoms with Gasteiger partial charge in [0.25, 0.3) is 0 Å². The molecule has 28 heavy (non-hydrogen) atoms. The molecule has 1 unspecified atom stereocenters. The van der Waals surface area contributed by atoms with Gasteiger partial charge in [0.15, 0.2) is 11.5 Å². The van der Waals surface area contributed by atoms with Crippen molar-refractivity contribution >= 4 is 17.3 Å². The van der Waals surface area contributed by atoms with Crippen LogP contribution in [0.2, 0.25) is 0 Å². The maximum absolute atomic E-state index is 13.3. The molecule has 0 aliphatic carbocycles. The topological polar surface area (TPSA) is 85.2 Å². The molecule has 3 aromatic heterocycles. The molecular formula is C20H18FN7. The van der Waals surface area contributed by atoms with Gasteiger partial charge in [0.05, 0.1) is 17.3 Å². The summed E-state index contributed by atoms with van der Waals surface area (Å²) in [6.07, 6.45) is 7.08. The highest BCUT2D eigenvalue weighted by molar-refractivity contribution is 5.85. The van der Waals surface area contributed by atoms with Crippen molar-refractivity contribution in [2.24, 2.45) is 0 Å². The minimum Gasteiger partial charge on any atom is -0.382 e. The number of aromatic nitrogens is 5. The summed E-state index contributed by atoms with van der Waals surface area (Å²) >= 11 is 0. The lowest BCUT2D eigenvalue weighted by Gasteiger charge is -2.26. The molecule has 4 aromatic rings. The quantitative estimate of drug-likeness (QED) is 0.592. The van der Waals surface area contributed by atoms with Crippen LogP contribution in [0.1, 0.15) is 24.4 Å². The molecule has 140 valence electrons. The first-order chi connectivity index (χ1) is 13.7. The Balaban J connectivity index is 1.55. The van der Waals surface area contributed by atoms with E-state index in [1.807, 2.05) is 18.2 Å². The van der Waals surface area contributed by atoms with Crippen LogP contribution in [-0.2, 0) is 0 Å². The van der Waals surface area contributed by atoms with Gasteiger partial charge >= 0.3 is 0 Å². The van der Waals surface area contributed by atoms with Crippen molar-refractivity contribution in [2.75, 3.05) is 17.2 Å². The molecule has 0 saturated carbocycles. The maximum Gasteiger partial charge on any atom is 0.166 e. The number of rotatable bonds is 3. The zero-order valence-corrected chi connectivity index (χ0v) is 15.0. The number of nitrogens with two attached hydrogens (primary N) is 1. The Morgan fingerprint density at radius 2 is 1.96 bits per heavy atom. The predicted octanol–water partition coefficient (Wildman–Crippen LogP) is 3.25. The van der Waals surface area contributed by atoms with E-state index in [0.717, 1.165) is 30.8 Å². The second-order valence-electron chi connectivity index (χ2n) is 6.81. The van der Waals surface area contributed by atoms with Gasteiger partial charge in [0.1, 0.15) is 18.0 Å². The fourth-order valence-corrected chi connectivity index (χ4v) is 3.86. The van der Waals surface area contributed by atoms with Crippen molar-refractivity contribution in [3.63, 3.8) is 0 Å². The number of fused-ring (bicyclic) bond motifs is 1. The highest BCUT2D eigenvalue weighted by Crippen LogP contribution is 2.37. The van der Waals surface area contributed by atoms with Crippen LogP contribution >= 0.6 is 0 Å². The molecule has 1 aliphatic heterocycles. The number of halogens is 1. The largest absolute Gasteiger partial charge is 0.382 e. The predicted molar refractivity (Wildman–Crippen MR) is 104 cm³/mol. The van der Waals surface area contributed by atoms with E-state index in [-0.39, 0.29) is 11.9 Å². The lowest BCUT2D eigenvalue weighted by molar-refractivity contribution is 0.624. The third-order valence-corrected chi connectivity index (χ3v) is 5.13. The van der Waals surface area contributed by atoms with Gasteiger partial charge in [0.2, 0.25) is 0 Å². The fourth-order valence-electron chi connectivity index (χ4n) is 3.86. The van der Waals surface area contributed by atoms with Crippen LogP contribution in [0.15, 0.2) is 55.1 Å². The van der Waals surface area contributed by atoms with Crippen LogP contribution in [0.25, 0.3) is 16.9 Å². The first-order valence-electron chi connectivity index (χ1n) is 9.14. The molecule has 1 saturated heterocycles. The Hall–Kier alpha value is -3.55. The molecule has 5 rings (SSSR count). The van der Waals surface area contributed by atoms with Gasteiger partial charge in [-0.05, 0) is 36.6 Å². The van der Waals surface area contributed by atoms with E-state index in [1.165, 1.54) is 18.5 Å². The van der Waals surface area contributed by atoms with Crippen LogP contribution in [0.5, 0.6) is 0 Å². The van der Waals surface area contributed by atoms with Crippen LogP contribution in [-0.4, -0.2) is 31.1 Å². The molecule has 2 N–H and O–H groups in total. The first kappa shape index (κ1) is 16.6. The van der Waals surface area contributed by atoms with Gasteiger partial charge in [-0.2, -0.15) is 0 Å². The summed E-state index contributed by atoms with van der Waals surface area (Å²) < 4.78 is 15.0. The van der Waals surface area contributed by atoms with E-state index >= 15 is 0 Å². The molecule has 0 radical (unpaired) electrons. The molecule has 1 aliphatic rings. The first-order valence-corrected chi connectivity index (χ1v) is 9.14. The standard InChI is InChI=1S/C20H18FN7/c21-14-6-4-13(5-7-14)16-3-1-9-27(16)17-11-15(24-12-25-17)18-19(22)26-28-10-2-8-23-20(18)28/h2,4-8,10-12,16H,1,3,9H2,(H2,22,26). The zero-order valence-electron chi connectivity index (χ0n) is 15.0. The Labute approximate surface area is 160 Å². The van der Waals surface area contributed by atoms with Gasteiger partial charge in [0, 0.05) is 25.0 Å². The summed E-state index contributed by atoms with van der Waals surface area (Å²) in [5.41, 5.74) is 9.25. The molecule has 0 bridgehead atoms. The number of nitrogen functional groups attached to an aromatic ring is 1. The SMILES string of the molecule is Nc1nn2cccnc2c1-c1cc(N2CCCC2c2ccc(F)cc2)ncn1. The number of nitrogens with zero attached hydrogens (tertiary/aromatic N) is 6. The maximum atomic E-state index is 13.3. The molecule has 8 heteroatoms. The molecule has 4 heterocycles. The average Bonchev–Trinajstić information content (AvgIpc) is 3.32. The van der Waals surface area contributed by atoms with E-state index < -0.39 is 0 Å². The molecule has 0 amide bonds. The van der Waals surface area contributed by atoms with Crippen LogP contribution in [0.3, 0.4) is 0 Å². The van der Waals surface area contributed by atoms with Crippen LogP contribution in [0.4, 0.5) is 16.0 Å². The molecule has 7 nitrogen and oxygen atoms in total. The van der Waals surface area contributed by atoms with E-state index in [2.05, 4.69) is 25.0 Å². The summed E-state index contributed by atoms with van der Waals surface area (Å²) in [6, 6.07) is 10.6. The number of hydrogen-bond acceptors (Lipinski definition) is 6. The lowest BCUT2D eigenvalue weighted by Crippen LogP contribution is -2.23. The smallest absolute Gasteiger partial charge is 0.166 e. The highest BCUT2D eigenvalue weighted by atomic mass is 19.1. The Morgan fingerprint density at radius 3 is 2.82 bits per heavy atom. The molecule has 1 atom stereocenters. The van der Waals surface area contributed by atoms with E-state index in [1.54, 1.807) is 23.0 Å². The second-order valence-corrected chi connectivity index (χ2v) is 6.81. The third-order valence-electron chi connectivity index (χ3n) is 5.13. The summed E-state index contributed by atoms with van der Waals surface area (Å²) in [6.45, 7) is 0.876. The minimum absolute atomic E-state index is 0.155. The average molecular weight is 375 g/mol. The van der Waals surface area contributed by atoms with Crippen molar-refractivity contribution in [2.45, 2.75) is 18.9 Å². The van der Waals surface area contributed by atoms with E-state index in [0.29, 0.717) is 22.7 Å². The minimum atomic E-state index is -0.228.